The van der Waals surface area contributed by atoms with E-state index in [1.165, 1.54) is 12.1 Å². The molecule has 0 spiro atoms. The Bertz CT molecular complexity index is 818. The Labute approximate surface area is 155 Å². The van der Waals surface area contributed by atoms with Crippen molar-refractivity contribution in [1.29, 1.82) is 0 Å². The van der Waals surface area contributed by atoms with Gasteiger partial charge in [0.05, 0.1) is 31.0 Å². The van der Waals surface area contributed by atoms with Crippen LogP contribution < -0.4 is 25.6 Å². The molecule has 3 rings (SSSR count). The van der Waals surface area contributed by atoms with E-state index < -0.39 is 11.9 Å². The van der Waals surface area contributed by atoms with Gasteiger partial charge in [0.15, 0.2) is 5.82 Å². The average molecular weight is 380 g/mol. The van der Waals surface area contributed by atoms with Crippen LogP contribution in [0.25, 0.3) is 0 Å². The lowest BCUT2D eigenvalue weighted by molar-refractivity contribution is -0.117. The minimum atomic E-state index is -0.651. The van der Waals surface area contributed by atoms with Crippen LogP contribution >= 0.6 is 11.6 Å². The molecule has 8 heteroatoms. The minimum absolute atomic E-state index is 0.0406. The van der Waals surface area contributed by atoms with Crippen LogP contribution in [0.5, 0.6) is 11.5 Å². The largest absolute Gasteiger partial charge is 0.497 e. The lowest BCUT2D eigenvalue weighted by Crippen LogP contribution is -2.39. The Morgan fingerprint density at radius 2 is 2.04 bits per heavy atom. The highest BCUT2D eigenvalue weighted by Gasteiger charge is 2.32. The van der Waals surface area contributed by atoms with E-state index in [9.17, 15) is 9.18 Å². The van der Waals surface area contributed by atoms with Gasteiger partial charge in [0, 0.05) is 11.6 Å². The molecule has 1 aliphatic rings. The second kappa shape index (κ2) is 7.90. The Balaban J connectivity index is 1.70. The van der Waals surface area contributed by atoms with Crippen LogP contribution in [0, 0.1) is 5.82 Å². The average Bonchev–Trinajstić information content (AvgIpc) is 3.15. The molecule has 1 aliphatic heterocycles. The fourth-order valence-electron chi connectivity index (χ4n) is 2.86. The Kier molecular flexibility index (Phi) is 5.61. The summed E-state index contributed by atoms with van der Waals surface area (Å²) in [5.41, 5.74) is 6.96. The molecule has 2 unspecified atom stereocenters. The van der Waals surface area contributed by atoms with Crippen LogP contribution in [0.15, 0.2) is 36.4 Å². The number of anilines is 1. The van der Waals surface area contributed by atoms with Gasteiger partial charge in [0.1, 0.15) is 17.5 Å². The molecular formula is C18H19ClFN3O3. The molecule has 2 aromatic rings. The lowest BCUT2D eigenvalue weighted by Gasteiger charge is -2.15. The van der Waals surface area contributed by atoms with Crippen molar-refractivity contribution < 1.29 is 18.7 Å². The van der Waals surface area contributed by atoms with E-state index in [-0.39, 0.29) is 22.7 Å². The molecule has 2 atom stereocenters. The summed E-state index contributed by atoms with van der Waals surface area (Å²) < 4.78 is 24.6. The zero-order chi connectivity index (χ0) is 18.7. The predicted molar refractivity (Wildman–Crippen MR) is 97.0 cm³/mol. The summed E-state index contributed by atoms with van der Waals surface area (Å²) in [5, 5.41) is 2.52. The number of carbonyl (C=O) groups is 1. The fraction of sp³-hybridized carbons (Fsp3) is 0.278. The molecule has 6 nitrogen and oxygen atoms in total. The molecule has 1 heterocycles. The van der Waals surface area contributed by atoms with Gasteiger partial charge in [0.25, 0.3) is 0 Å². The first kappa shape index (κ1) is 18.4. The van der Waals surface area contributed by atoms with Gasteiger partial charge < -0.3 is 14.8 Å². The van der Waals surface area contributed by atoms with Gasteiger partial charge in [-0.3, -0.25) is 4.79 Å². The molecule has 0 bridgehead atoms. The van der Waals surface area contributed by atoms with E-state index in [0.29, 0.717) is 17.9 Å². The summed E-state index contributed by atoms with van der Waals surface area (Å²) in [6.45, 7) is 0. The summed E-state index contributed by atoms with van der Waals surface area (Å²) in [6, 6.07) is 9.28. The quantitative estimate of drug-likeness (QED) is 0.744. The first-order valence-electron chi connectivity index (χ1n) is 8.01. The summed E-state index contributed by atoms with van der Waals surface area (Å²) in [6.07, 6.45) is 0.469. The van der Waals surface area contributed by atoms with Gasteiger partial charge in [-0.15, -0.1) is 0 Å². The zero-order valence-corrected chi connectivity index (χ0v) is 15.1. The molecule has 1 amide bonds. The number of hydrogen-bond donors (Lipinski definition) is 3. The van der Waals surface area contributed by atoms with Crippen LogP contribution in [0.3, 0.4) is 0 Å². The topological polar surface area (TPSA) is 71.6 Å². The van der Waals surface area contributed by atoms with Crippen LogP contribution in [0.4, 0.5) is 10.1 Å². The fourth-order valence-corrected chi connectivity index (χ4v) is 3.03. The van der Waals surface area contributed by atoms with E-state index in [0.717, 1.165) is 5.56 Å². The van der Waals surface area contributed by atoms with Crippen molar-refractivity contribution in [2.24, 2.45) is 0 Å². The van der Waals surface area contributed by atoms with Gasteiger partial charge in [-0.25, -0.2) is 15.2 Å². The number of hydrogen-bond acceptors (Lipinski definition) is 5. The van der Waals surface area contributed by atoms with Crippen LogP contribution in [-0.4, -0.2) is 26.2 Å². The van der Waals surface area contributed by atoms with Gasteiger partial charge in [-0.2, -0.15) is 0 Å². The third-order valence-electron chi connectivity index (χ3n) is 4.25. The molecule has 26 heavy (non-hydrogen) atoms. The molecule has 1 saturated heterocycles. The Morgan fingerprint density at radius 3 is 2.77 bits per heavy atom. The van der Waals surface area contributed by atoms with Gasteiger partial charge in [-0.1, -0.05) is 23.7 Å². The normalized spacial score (nSPS) is 19.2. The molecule has 0 radical (unpaired) electrons. The number of hydrazine groups is 1. The van der Waals surface area contributed by atoms with E-state index in [1.807, 2.05) is 12.1 Å². The van der Waals surface area contributed by atoms with Crippen molar-refractivity contribution in [3.63, 3.8) is 0 Å². The number of methoxy groups -OCH3 is 2. The molecule has 1 fully saturated rings. The van der Waals surface area contributed by atoms with Gasteiger partial charge in [-0.05, 0) is 24.6 Å². The maximum absolute atomic E-state index is 13.9. The Hall–Kier alpha value is -2.35. The lowest BCUT2D eigenvalue weighted by atomic mass is 10.0. The number of carbonyl (C=O) groups excluding carboxylic acids is 1. The first-order chi connectivity index (χ1) is 12.5. The maximum Gasteiger partial charge on any atom is 0.243 e. The SMILES string of the molecule is COc1ccc(C2CC(C(=O)Nc3cccc(Cl)c3F)NN2)c(OC)c1. The highest BCUT2D eigenvalue weighted by molar-refractivity contribution is 6.31. The highest BCUT2D eigenvalue weighted by atomic mass is 35.5. The van der Waals surface area contributed by atoms with Crippen LogP contribution in [0.1, 0.15) is 18.0 Å². The molecule has 0 saturated carbocycles. The number of amides is 1. The number of nitrogens with one attached hydrogen (secondary N) is 3. The van der Waals surface area contributed by atoms with Crippen molar-refractivity contribution in [2.75, 3.05) is 19.5 Å². The van der Waals surface area contributed by atoms with Crippen molar-refractivity contribution >= 4 is 23.2 Å². The maximum atomic E-state index is 13.9. The van der Waals surface area contributed by atoms with Crippen molar-refractivity contribution in [1.82, 2.24) is 10.9 Å². The number of rotatable bonds is 5. The zero-order valence-electron chi connectivity index (χ0n) is 14.3. The number of ether oxygens (including phenoxy) is 2. The molecular weight excluding hydrogens is 361 g/mol. The minimum Gasteiger partial charge on any atom is -0.497 e. The van der Waals surface area contributed by atoms with Crippen molar-refractivity contribution in [3.8, 4) is 11.5 Å². The van der Waals surface area contributed by atoms with Crippen LogP contribution in [-0.2, 0) is 4.79 Å². The molecule has 0 aliphatic carbocycles. The smallest absolute Gasteiger partial charge is 0.243 e. The predicted octanol–water partition coefficient (Wildman–Crippen LogP) is 3.04. The van der Waals surface area contributed by atoms with Gasteiger partial charge in [0.2, 0.25) is 5.91 Å². The summed E-state index contributed by atoms with van der Waals surface area (Å²) >= 11 is 5.74. The molecule has 2 aromatic carbocycles. The number of halogens is 2. The number of benzene rings is 2. The first-order valence-corrected chi connectivity index (χ1v) is 8.39. The van der Waals surface area contributed by atoms with E-state index in [4.69, 9.17) is 21.1 Å². The van der Waals surface area contributed by atoms with E-state index in [1.54, 1.807) is 26.4 Å². The third-order valence-corrected chi connectivity index (χ3v) is 4.54. The van der Waals surface area contributed by atoms with E-state index >= 15 is 0 Å². The summed E-state index contributed by atoms with van der Waals surface area (Å²) in [4.78, 5) is 12.4. The molecule has 0 aromatic heterocycles. The van der Waals surface area contributed by atoms with Crippen molar-refractivity contribution in [3.05, 3.63) is 52.8 Å². The van der Waals surface area contributed by atoms with Gasteiger partial charge >= 0.3 is 0 Å². The molecule has 138 valence electrons. The second-order valence-electron chi connectivity index (χ2n) is 5.83. The Morgan fingerprint density at radius 1 is 1.23 bits per heavy atom. The summed E-state index contributed by atoms with van der Waals surface area (Å²) in [7, 11) is 3.16. The summed E-state index contributed by atoms with van der Waals surface area (Å²) in [5.74, 6) is 0.336. The van der Waals surface area contributed by atoms with Crippen molar-refractivity contribution in [2.45, 2.75) is 18.5 Å². The third kappa shape index (κ3) is 3.75. The molecule has 3 N–H and O–H groups in total. The van der Waals surface area contributed by atoms with Crippen LogP contribution in [0.2, 0.25) is 5.02 Å². The van der Waals surface area contributed by atoms with E-state index in [2.05, 4.69) is 16.2 Å². The second-order valence-corrected chi connectivity index (χ2v) is 6.24. The highest BCUT2D eigenvalue weighted by Crippen LogP contribution is 2.33. The standard InChI is InChI=1S/C18H19ClFN3O3/c1-25-10-6-7-11(16(8-10)26-2)14-9-15(23-22-14)18(24)21-13-5-3-4-12(19)17(13)20/h3-8,14-15,22-23H,9H2,1-2H3,(H,21,24). The monoisotopic (exact) mass is 379 g/mol.